The maximum atomic E-state index is 12.9. The Bertz CT molecular complexity index is 1130. The largest absolute Gasteiger partial charge is 0.277 e. The van der Waals surface area contributed by atoms with Crippen LogP contribution in [0.4, 0.5) is 17.1 Å². The molecule has 0 amide bonds. The van der Waals surface area contributed by atoms with E-state index >= 15 is 0 Å². The van der Waals surface area contributed by atoms with Crippen molar-refractivity contribution in [2.24, 2.45) is 5.10 Å². The summed E-state index contributed by atoms with van der Waals surface area (Å²) in [5.74, 6) is 0. The van der Waals surface area contributed by atoms with E-state index in [1.165, 1.54) is 40.9 Å². The number of nitrogens with one attached hydrogen (secondary N) is 1. The third-order valence-corrected chi connectivity index (χ3v) is 6.34. The van der Waals surface area contributed by atoms with Crippen LogP contribution in [0.1, 0.15) is 19.4 Å². The first-order chi connectivity index (χ1) is 14.7. The fraction of sp³-hybridized carbons (Fsp3) is 0.211. The zero-order valence-corrected chi connectivity index (χ0v) is 17.7. The molecule has 11 nitrogen and oxygen atoms in total. The number of nitro groups is 2. The number of nitro benzene ring substituents is 2. The summed E-state index contributed by atoms with van der Waals surface area (Å²) < 4.78 is 27.0. The lowest BCUT2D eigenvalue weighted by Gasteiger charge is -2.20. The summed E-state index contributed by atoms with van der Waals surface area (Å²) in [6.07, 6.45) is 4.21. The predicted octanol–water partition coefficient (Wildman–Crippen LogP) is 3.64. The molecule has 0 spiro atoms. The van der Waals surface area contributed by atoms with Crippen LogP contribution in [-0.4, -0.2) is 41.9 Å². The molecule has 2 aromatic rings. The fourth-order valence-corrected chi connectivity index (χ4v) is 4.34. The first-order valence-electron chi connectivity index (χ1n) is 9.20. The quantitative estimate of drug-likeness (QED) is 0.332. The molecule has 0 saturated heterocycles. The third kappa shape index (κ3) is 5.71. The van der Waals surface area contributed by atoms with Crippen molar-refractivity contribution < 1.29 is 18.3 Å². The molecule has 0 aliphatic carbocycles. The van der Waals surface area contributed by atoms with Gasteiger partial charge in [-0.3, -0.25) is 25.7 Å². The van der Waals surface area contributed by atoms with Gasteiger partial charge in [-0.25, -0.2) is 8.42 Å². The minimum absolute atomic E-state index is 0.0628. The Balaban J connectivity index is 2.31. The van der Waals surface area contributed by atoms with E-state index in [-0.39, 0.29) is 35.0 Å². The summed E-state index contributed by atoms with van der Waals surface area (Å²) in [5.41, 5.74) is 2.57. The maximum Gasteiger partial charge on any atom is 0.276 e. The molecule has 0 unspecified atom stereocenters. The van der Waals surface area contributed by atoms with E-state index in [1.54, 1.807) is 32.0 Å². The average molecular weight is 447 g/mol. The Labute approximate surface area is 179 Å². The van der Waals surface area contributed by atoms with Crippen molar-refractivity contribution in [1.82, 2.24) is 4.31 Å². The van der Waals surface area contributed by atoms with Gasteiger partial charge in [-0.05, 0) is 24.3 Å². The molecule has 0 atom stereocenters. The first-order valence-corrected chi connectivity index (χ1v) is 10.6. The van der Waals surface area contributed by atoms with E-state index in [0.717, 1.165) is 6.07 Å². The second kappa shape index (κ2) is 10.4. The molecule has 31 heavy (non-hydrogen) atoms. The summed E-state index contributed by atoms with van der Waals surface area (Å²) in [5, 5.41) is 26.0. The van der Waals surface area contributed by atoms with Crippen LogP contribution in [0.25, 0.3) is 6.08 Å². The van der Waals surface area contributed by atoms with Gasteiger partial charge in [-0.15, -0.1) is 0 Å². The monoisotopic (exact) mass is 447 g/mol. The molecule has 164 valence electrons. The molecule has 0 heterocycles. The van der Waals surface area contributed by atoms with Crippen LogP contribution < -0.4 is 5.43 Å². The standard InChI is InChI=1S/C19H21N5O6S/c1-3-22(4-2)31(29,30)19-14-16(23(25)26)11-12-17(19)21-20-13-7-9-15-8-5-6-10-18(15)24(27)28/h5-14,21H,3-4H2,1-2H3/b9-7+,20-13-. The summed E-state index contributed by atoms with van der Waals surface area (Å²) >= 11 is 0. The molecule has 2 rings (SSSR count). The number of hydrazone groups is 1. The van der Waals surface area contributed by atoms with Crippen molar-refractivity contribution in [3.05, 3.63) is 74.3 Å². The number of allylic oxidation sites excluding steroid dienone is 1. The topological polar surface area (TPSA) is 148 Å². The van der Waals surface area contributed by atoms with Crippen LogP contribution in [0.3, 0.4) is 0 Å². The summed E-state index contributed by atoms with van der Waals surface area (Å²) in [6.45, 7) is 3.72. The van der Waals surface area contributed by atoms with Crippen molar-refractivity contribution >= 4 is 39.4 Å². The molecule has 2 aromatic carbocycles. The molecule has 0 fully saturated rings. The van der Waals surface area contributed by atoms with Gasteiger partial charge < -0.3 is 0 Å². The number of para-hydroxylation sites is 1. The zero-order chi connectivity index (χ0) is 23.0. The van der Waals surface area contributed by atoms with Crippen LogP contribution in [0.15, 0.2) is 58.5 Å². The van der Waals surface area contributed by atoms with E-state index in [2.05, 4.69) is 10.5 Å². The second-order valence-electron chi connectivity index (χ2n) is 6.09. The van der Waals surface area contributed by atoms with Gasteiger partial charge in [0.25, 0.3) is 11.4 Å². The van der Waals surface area contributed by atoms with Gasteiger partial charge in [0.1, 0.15) is 4.90 Å². The average Bonchev–Trinajstić information content (AvgIpc) is 2.74. The predicted molar refractivity (Wildman–Crippen MR) is 117 cm³/mol. The number of sulfonamides is 1. The molecule has 1 N–H and O–H groups in total. The number of non-ortho nitro benzene ring substituents is 1. The van der Waals surface area contributed by atoms with Gasteiger partial charge in [0, 0.05) is 37.5 Å². The Hall–Kier alpha value is -3.64. The normalized spacial score (nSPS) is 12.0. The summed E-state index contributed by atoms with van der Waals surface area (Å²) in [6, 6.07) is 9.56. The van der Waals surface area contributed by atoms with Gasteiger partial charge in [0.05, 0.1) is 21.1 Å². The van der Waals surface area contributed by atoms with E-state index in [1.807, 2.05) is 0 Å². The van der Waals surface area contributed by atoms with Crippen molar-refractivity contribution in [3.63, 3.8) is 0 Å². The van der Waals surface area contributed by atoms with Gasteiger partial charge in [-0.2, -0.15) is 9.41 Å². The number of rotatable bonds is 10. The summed E-state index contributed by atoms with van der Waals surface area (Å²) in [4.78, 5) is 20.7. The minimum atomic E-state index is -3.99. The van der Waals surface area contributed by atoms with Gasteiger partial charge in [0.2, 0.25) is 10.0 Å². The highest BCUT2D eigenvalue weighted by molar-refractivity contribution is 7.89. The van der Waals surface area contributed by atoms with E-state index in [0.29, 0.717) is 5.56 Å². The van der Waals surface area contributed by atoms with Crippen molar-refractivity contribution in [1.29, 1.82) is 0 Å². The molecular formula is C19H21N5O6S. The molecular weight excluding hydrogens is 426 g/mol. The third-order valence-electron chi connectivity index (χ3n) is 4.25. The fourth-order valence-electron chi connectivity index (χ4n) is 2.72. The van der Waals surface area contributed by atoms with Crippen LogP contribution >= 0.6 is 0 Å². The van der Waals surface area contributed by atoms with Crippen LogP contribution in [0.5, 0.6) is 0 Å². The Kier molecular flexibility index (Phi) is 7.94. The van der Waals surface area contributed by atoms with Crippen molar-refractivity contribution in [2.75, 3.05) is 18.5 Å². The second-order valence-corrected chi connectivity index (χ2v) is 8.00. The van der Waals surface area contributed by atoms with Crippen molar-refractivity contribution in [2.45, 2.75) is 18.7 Å². The van der Waals surface area contributed by atoms with Crippen molar-refractivity contribution in [3.8, 4) is 0 Å². The van der Waals surface area contributed by atoms with E-state index in [9.17, 15) is 28.6 Å². The summed E-state index contributed by atoms with van der Waals surface area (Å²) in [7, 11) is -3.99. The van der Waals surface area contributed by atoms with Gasteiger partial charge in [-0.1, -0.05) is 26.0 Å². The maximum absolute atomic E-state index is 12.9. The van der Waals surface area contributed by atoms with Crippen LogP contribution in [0.2, 0.25) is 0 Å². The lowest BCUT2D eigenvalue weighted by Crippen LogP contribution is -2.31. The van der Waals surface area contributed by atoms with E-state index in [4.69, 9.17) is 0 Å². The molecule has 0 aliphatic heterocycles. The number of anilines is 1. The number of hydrogen-bond acceptors (Lipinski definition) is 8. The zero-order valence-electron chi connectivity index (χ0n) is 16.8. The Morgan fingerprint density at radius 3 is 2.35 bits per heavy atom. The molecule has 0 radical (unpaired) electrons. The van der Waals surface area contributed by atoms with E-state index < -0.39 is 19.9 Å². The molecule has 0 bridgehead atoms. The molecule has 0 aromatic heterocycles. The number of hydrogen-bond donors (Lipinski definition) is 1. The van der Waals surface area contributed by atoms with Crippen LogP contribution in [-0.2, 0) is 10.0 Å². The Morgan fingerprint density at radius 1 is 1.06 bits per heavy atom. The number of nitrogens with zero attached hydrogens (tertiary/aromatic N) is 4. The first kappa shape index (κ1) is 23.6. The molecule has 12 heteroatoms. The van der Waals surface area contributed by atoms with Gasteiger partial charge >= 0.3 is 0 Å². The SMILES string of the molecule is CCN(CC)S(=O)(=O)c1cc([N+](=O)[O-])ccc1N/N=C\C=C\c1ccccc1[N+](=O)[O-]. The minimum Gasteiger partial charge on any atom is -0.277 e. The lowest BCUT2D eigenvalue weighted by atomic mass is 10.2. The number of benzene rings is 2. The highest BCUT2D eigenvalue weighted by Crippen LogP contribution is 2.29. The highest BCUT2D eigenvalue weighted by Gasteiger charge is 2.27. The smallest absolute Gasteiger partial charge is 0.276 e. The highest BCUT2D eigenvalue weighted by atomic mass is 32.2. The Morgan fingerprint density at radius 2 is 1.74 bits per heavy atom. The molecule has 0 aliphatic rings. The van der Waals surface area contributed by atoms with Crippen LogP contribution in [0, 0.1) is 20.2 Å². The molecule has 0 saturated carbocycles. The van der Waals surface area contributed by atoms with Gasteiger partial charge in [0.15, 0.2) is 0 Å². The lowest BCUT2D eigenvalue weighted by molar-refractivity contribution is -0.385.